The van der Waals surface area contributed by atoms with Crippen LogP contribution in [0.4, 0.5) is 5.82 Å². The molecule has 0 aliphatic rings. The van der Waals surface area contributed by atoms with Crippen LogP contribution >= 0.6 is 23.2 Å². The van der Waals surface area contributed by atoms with Gasteiger partial charge in [-0.2, -0.15) is 0 Å². The van der Waals surface area contributed by atoms with Crippen LogP contribution in [0.15, 0.2) is 24.4 Å². The number of benzene rings is 1. The number of anilines is 1. The van der Waals surface area contributed by atoms with Gasteiger partial charge in [0.2, 0.25) is 0 Å². The van der Waals surface area contributed by atoms with Gasteiger partial charge in [0.1, 0.15) is 5.82 Å². The summed E-state index contributed by atoms with van der Waals surface area (Å²) in [5.74, 6) is 0.478. The number of nitrogen functional groups attached to an aromatic ring is 1. The fraction of sp³-hybridized carbons (Fsp3) is 0. The van der Waals surface area contributed by atoms with Crippen LogP contribution in [-0.2, 0) is 0 Å². The van der Waals surface area contributed by atoms with E-state index in [0.717, 1.165) is 10.8 Å². The van der Waals surface area contributed by atoms with Gasteiger partial charge < -0.3 is 5.73 Å². The summed E-state index contributed by atoms with van der Waals surface area (Å²) >= 11 is 11.7. The largest absolute Gasteiger partial charge is 0.384 e. The second-order valence-electron chi connectivity index (χ2n) is 2.72. The average molecular weight is 213 g/mol. The molecular weight excluding hydrogens is 207 g/mol. The van der Waals surface area contributed by atoms with Crippen molar-refractivity contribution >= 4 is 39.8 Å². The Balaban J connectivity index is 2.81. The molecule has 0 bridgehead atoms. The van der Waals surface area contributed by atoms with Gasteiger partial charge in [0.25, 0.3) is 0 Å². The fourth-order valence-corrected chi connectivity index (χ4v) is 1.50. The highest BCUT2D eigenvalue weighted by Gasteiger charge is 2.01. The van der Waals surface area contributed by atoms with Gasteiger partial charge in [-0.1, -0.05) is 23.2 Å². The number of aromatic nitrogens is 1. The molecule has 0 amide bonds. The van der Waals surface area contributed by atoms with Crippen LogP contribution in [0.1, 0.15) is 0 Å². The van der Waals surface area contributed by atoms with Crippen molar-refractivity contribution in [3.8, 4) is 0 Å². The molecule has 0 radical (unpaired) electrons. The highest BCUT2D eigenvalue weighted by Crippen LogP contribution is 2.27. The quantitative estimate of drug-likeness (QED) is 0.730. The highest BCUT2D eigenvalue weighted by molar-refractivity contribution is 6.42. The Morgan fingerprint density at radius 2 is 1.62 bits per heavy atom. The van der Waals surface area contributed by atoms with Crippen LogP contribution < -0.4 is 5.73 Å². The van der Waals surface area contributed by atoms with Crippen LogP contribution in [0.5, 0.6) is 0 Å². The molecule has 66 valence electrons. The summed E-state index contributed by atoms with van der Waals surface area (Å²) in [5, 5.41) is 2.94. The zero-order chi connectivity index (χ0) is 9.42. The summed E-state index contributed by atoms with van der Waals surface area (Å²) in [6.45, 7) is 0. The summed E-state index contributed by atoms with van der Waals surface area (Å²) in [4.78, 5) is 3.95. The molecule has 1 aromatic heterocycles. The molecule has 2 nitrogen and oxygen atoms in total. The van der Waals surface area contributed by atoms with Crippen molar-refractivity contribution < 1.29 is 0 Å². The monoisotopic (exact) mass is 212 g/mol. The van der Waals surface area contributed by atoms with Gasteiger partial charge in [0.15, 0.2) is 0 Å². The van der Waals surface area contributed by atoms with E-state index in [1.54, 1.807) is 24.4 Å². The molecule has 0 aliphatic carbocycles. The number of rotatable bonds is 0. The molecule has 4 heteroatoms. The van der Waals surface area contributed by atoms with Crippen molar-refractivity contribution in [1.29, 1.82) is 0 Å². The molecule has 2 N–H and O–H groups in total. The van der Waals surface area contributed by atoms with E-state index in [1.165, 1.54) is 0 Å². The molecule has 0 unspecified atom stereocenters. The van der Waals surface area contributed by atoms with E-state index in [9.17, 15) is 0 Å². The third-order valence-electron chi connectivity index (χ3n) is 1.78. The molecule has 0 spiro atoms. The molecular formula is C9H6Cl2N2. The maximum absolute atomic E-state index is 5.85. The summed E-state index contributed by atoms with van der Waals surface area (Å²) in [5.41, 5.74) is 5.52. The van der Waals surface area contributed by atoms with Crippen molar-refractivity contribution in [3.63, 3.8) is 0 Å². The smallest absolute Gasteiger partial charge is 0.123 e. The molecule has 0 saturated heterocycles. The third kappa shape index (κ3) is 1.55. The van der Waals surface area contributed by atoms with E-state index in [-0.39, 0.29) is 0 Å². The van der Waals surface area contributed by atoms with Crippen molar-refractivity contribution in [2.24, 2.45) is 0 Å². The van der Waals surface area contributed by atoms with Gasteiger partial charge >= 0.3 is 0 Å². The first-order valence-electron chi connectivity index (χ1n) is 3.67. The van der Waals surface area contributed by atoms with E-state index in [1.807, 2.05) is 0 Å². The zero-order valence-corrected chi connectivity index (χ0v) is 8.10. The number of hydrogen-bond acceptors (Lipinski definition) is 2. The van der Waals surface area contributed by atoms with E-state index in [2.05, 4.69) is 4.98 Å². The third-order valence-corrected chi connectivity index (χ3v) is 2.50. The minimum atomic E-state index is 0.478. The van der Waals surface area contributed by atoms with Crippen LogP contribution in [0.3, 0.4) is 0 Å². The highest BCUT2D eigenvalue weighted by atomic mass is 35.5. The molecule has 0 fully saturated rings. The molecule has 1 aromatic carbocycles. The molecule has 0 aliphatic heterocycles. The van der Waals surface area contributed by atoms with Crippen molar-refractivity contribution in [2.45, 2.75) is 0 Å². The van der Waals surface area contributed by atoms with Crippen LogP contribution in [0, 0.1) is 0 Å². The Labute approximate surface area is 85.3 Å². The number of nitrogens with zero attached hydrogens (tertiary/aromatic N) is 1. The van der Waals surface area contributed by atoms with Crippen molar-refractivity contribution in [2.75, 3.05) is 5.73 Å². The number of fused-ring (bicyclic) bond motifs is 1. The molecule has 0 atom stereocenters. The van der Waals surface area contributed by atoms with Gasteiger partial charge in [-0.15, -0.1) is 0 Å². The Morgan fingerprint density at radius 3 is 2.31 bits per heavy atom. The first kappa shape index (κ1) is 8.60. The van der Waals surface area contributed by atoms with Gasteiger partial charge in [-0.25, -0.2) is 4.98 Å². The van der Waals surface area contributed by atoms with E-state index < -0.39 is 0 Å². The number of pyridine rings is 1. The minimum Gasteiger partial charge on any atom is -0.384 e. The van der Waals surface area contributed by atoms with Crippen molar-refractivity contribution in [1.82, 2.24) is 4.98 Å². The van der Waals surface area contributed by atoms with Gasteiger partial charge in [-0.3, -0.25) is 0 Å². The standard InChI is InChI=1S/C9H6Cl2N2/c10-7-1-5-3-9(12)13-4-6(5)2-8(7)11/h1-4H,(H2,12,13). The van der Waals surface area contributed by atoms with Gasteiger partial charge in [-0.05, 0) is 23.6 Å². The Hall–Kier alpha value is -0.990. The summed E-state index contributed by atoms with van der Waals surface area (Å²) < 4.78 is 0. The first-order chi connectivity index (χ1) is 6.16. The van der Waals surface area contributed by atoms with Crippen LogP contribution in [-0.4, -0.2) is 4.98 Å². The molecule has 2 aromatic rings. The van der Waals surface area contributed by atoms with E-state index >= 15 is 0 Å². The Bertz CT molecular complexity index is 468. The predicted octanol–water partition coefficient (Wildman–Crippen LogP) is 3.12. The summed E-state index contributed by atoms with van der Waals surface area (Å²) in [6.07, 6.45) is 1.67. The molecule has 2 rings (SSSR count). The molecule has 13 heavy (non-hydrogen) atoms. The predicted molar refractivity (Wildman–Crippen MR) is 56.2 cm³/mol. The van der Waals surface area contributed by atoms with Crippen molar-refractivity contribution in [3.05, 3.63) is 34.4 Å². The number of hydrogen-bond donors (Lipinski definition) is 1. The van der Waals surface area contributed by atoms with Crippen LogP contribution in [0.2, 0.25) is 10.0 Å². The zero-order valence-electron chi connectivity index (χ0n) is 6.59. The fourth-order valence-electron chi connectivity index (χ4n) is 1.16. The van der Waals surface area contributed by atoms with E-state index in [0.29, 0.717) is 15.9 Å². The summed E-state index contributed by atoms with van der Waals surface area (Å²) in [7, 11) is 0. The lowest BCUT2D eigenvalue weighted by molar-refractivity contribution is 1.37. The van der Waals surface area contributed by atoms with Gasteiger partial charge in [0, 0.05) is 11.6 Å². The lowest BCUT2D eigenvalue weighted by Crippen LogP contribution is -1.88. The SMILES string of the molecule is Nc1cc2cc(Cl)c(Cl)cc2cn1. The normalized spacial score (nSPS) is 10.6. The number of halogens is 2. The van der Waals surface area contributed by atoms with E-state index in [4.69, 9.17) is 28.9 Å². The molecule has 0 saturated carbocycles. The lowest BCUT2D eigenvalue weighted by atomic mass is 10.2. The average Bonchev–Trinajstić information content (AvgIpc) is 2.08. The van der Waals surface area contributed by atoms with Crippen LogP contribution in [0.25, 0.3) is 10.8 Å². The number of nitrogens with two attached hydrogens (primary N) is 1. The minimum absolute atomic E-state index is 0.478. The lowest BCUT2D eigenvalue weighted by Gasteiger charge is -2.00. The second-order valence-corrected chi connectivity index (χ2v) is 3.54. The maximum Gasteiger partial charge on any atom is 0.123 e. The summed E-state index contributed by atoms with van der Waals surface area (Å²) in [6, 6.07) is 5.31. The molecule has 1 heterocycles. The second kappa shape index (κ2) is 3.05. The topological polar surface area (TPSA) is 38.9 Å². The Kier molecular flexibility index (Phi) is 2.02. The first-order valence-corrected chi connectivity index (χ1v) is 4.43. The van der Waals surface area contributed by atoms with Gasteiger partial charge in [0.05, 0.1) is 10.0 Å². The maximum atomic E-state index is 5.85. The Morgan fingerprint density at radius 1 is 1.00 bits per heavy atom.